The van der Waals surface area contributed by atoms with Crippen LogP contribution in [-0.2, 0) is 19.8 Å². The molecule has 0 aliphatic carbocycles. The Bertz CT molecular complexity index is 715. The highest BCUT2D eigenvalue weighted by Gasteiger charge is 2.43. The molecule has 0 aromatic heterocycles. The quantitative estimate of drug-likeness (QED) is 0.254. The largest absolute Gasteiger partial charge is 0.414 e. The van der Waals surface area contributed by atoms with Gasteiger partial charge in [-0.05, 0) is 57.0 Å². The van der Waals surface area contributed by atoms with Crippen molar-refractivity contribution in [3.63, 3.8) is 0 Å². The van der Waals surface area contributed by atoms with Crippen LogP contribution >= 0.6 is 0 Å². The summed E-state index contributed by atoms with van der Waals surface area (Å²) in [5.41, 5.74) is 3.48. The van der Waals surface area contributed by atoms with Gasteiger partial charge < -0.3 is 8.85 Å². The SMILES string of the molecule is CC(C)(C)S(=O)N[C@@H](CC#C[Si](C)(C)C)[C@H](CO[Si](C)(C)C(C)(C)C)O[Si](C)(C)C(C)(C)C. The lowest BCUT2D eigenvalue weighted by Crippen LogP contribution is -2.55. The molecule has 8 heteroatoms. The Hall–Kier alpha value is 0.241. The van der Waals surface area contributed by atoms with Crippen molar-refractivity contribution in [2.75, 3.05) is 6.61 Å². The molecule has 0 aromatic carbocycles. The number of hydrogen-bond acceptors (Lipinski definition) is 3. The van der Waals surface area contributed by atoms with Gasteiger partial charge in [-0.2, -0.15) is 0 Å². The van der Waals surface area contributed by atoms with Gasteiger partial charge in [0.1, 0.15) is 8.07 Å². The minimum absolute atomic E-state index is 0.0694. The van der Waals surface area contributed by atoms with E-state index in [0.717, 1.165) is 0 Å². The molecule has 196 valence electrons. The third-order valence-electron chi connectivity index (χ3n) is 6.72. The Kier molecular flexibility index (Phi) is 11.6. The molecule has 1 unspecified atom stereocenters. The van der Waals surface area contributed by atoms with Crippen LogP contribution in [0.5, 0.6) is 0 Å². The van der Waals surface area contributed by atoms with E-state index in [4.69, 9.17) is 8.85 Å². The highest BCUT2D eigenvalue weighted by molar-refractivity contribution is 7.84. The maximum absolute atomic E-state index is 13.1. The van der Waals surface area contributed by atoms with Crippen molar-refractivity contribution < 1.29 is 13.1 Å². The smallest absolute Gasteiger partial charge is 0.192 e. The van der Waals surface area contributed by atoms with Crippen molar-refractivity contribution in [2.24, 2.45) is 0 Å². The summed E-state index contributed by atoms with van der Waals surface area (Å²) in [6, 6.07) is -0.159. The molecule has 0 amide bonds. The normalized spacial score (nSPS) is 17.2. The molecule has 0 spiro atoms. The summed E-state index contributed by atoms with van der Waals surface area (Å²) in [4.78, 5) is 0. The first-order chi connectivity index (χ1) is 14.3. The van der Waals surface area contributed by atoms with Crippen LogP contribution in [0.3, 0.4) is 0 Å². The summed E-state index contributed by atoms with van der Waals surface area (Å²) in [5, 5.41) is 0.184. The first-order valence-electron chi connectivity index (χ1n) is 12.3. The molecular formula is C25H55NO3SSi3. The highest BCUT2D eigenvalue weighted by atomic mass is 32.2. The van der Waals surface area contributed by atoms with Crippen molar-refractivity contribution >= 4 is 35.7 Å². The van der Waals surface area contributed by atoms with Gasteiger partial charge in [0.25, 0.3) is 0 Å². The molecule has 0 aliphatic heterocycles. The number of rotatable bonds is 9. The third-order valence-corrected chi connectivity index (χ3v) is 18.3. The molecule has 0 saturated carbocycles. The average molecular weight is 534 g/mol. The van der Waals surface area contributed by atoms with Crippen LogP contribution in [0.15, 0.2) is 0 Å². The zero-order valence-electron chi connectivity index (χ0n) is 24.7. The van der Waals surface area contributed by atoms with Crippen molar-refractivity contribution in [2.45, 2.75) is 142 Å². The third kappa shape index (κ3) is 11.7. The lowest BCUT2D eigenvalue weighted by Gasteiger charge is -2.43. The summed E-state index contributed by atoms with van der Waals surface area (Å²) in [5.74, 6) is 3.42. The maximum atomic E-state index is 13.1. The van der Waals surface area contributed by atoms with Crippen molar-refractivity contribution in [3.8, 4) is 11.5 Å². The van der Waals surface area contributed by atoms with Gasteiger partial charge in [0.2, 0.25) is 0 Å². The van der Waals surface area contributed by atoms with Gasteiger partial charge >= 0.3 is 0 Å². The van der Waals surface area contributed by atoms with E-state index in [1.165, 1.54) is 0 Å². The fourth-order valence-electron chi connectivity index (χ4n) is 2.28. The van der Waals surface area contributed by atoms with Crippen LogP contribution in [0.2, 0.25) is 55.9 Å². The molecule has 0 radical (unpaired) electrons. The van der Waals surface area contributed by atoms with Crippen molar-refractivity contribution in [3.05, 3.63) is 0 Å². The highest BCUT2D eigenvalue weighted by Crippen LogP contribution is 2.39. The second-order valence-electron chi connectivity index (χ2n) is 14.3. The Balaban J connectivity index is 6.23. The summed E-state index contributed by atoms with van der Waals surface area (Å²) in [6.45, 7) is 35.9. The summed E-state index contributed by atoms with van der Waals surface area (Å²) < 4.78 is 29.8. The van der Waals surface area contributed by atoms with E-state index >= 15 is 0 Å². The Morgan fingerprint density at radius 1 is 0.818 bits per heavy atom. The van der Waals surface area contributed by atoms with Gasteiger partial charge in [-0.25, -0.2) is 8.93 Å². The van der Waals surface area contributed by atoms with E-state index in [1.807, 2.05) is 20.8 Å². The van der Waals surface area contributed by atoms with E-state index in [0.29, 0.717) is 13.0 Å². The minimum Gasteiger partial charge on any atom is -0.414 e. The van der Waals surface area contributed by atoms with Gasteiger partial charge in [0, 0.05) is 6.42 Å². The molecule has 0 rings (SSSR count). The molecular weight excluding hydrogens is 479 g/mol. The Morgan fingerprint density at radius 3 is 1.64 bits per heavy atom. The summed E-state index contributed by atoms with van der Waals surface area (Å²) in [7, 11) is -6.78. The van der Waals surface area contributed by atoms with E-state index < -0.39 is 35.7 Å². The summed E-state index contributed by atoms with van der Waals surface area (Å²) in [6.07, 6.45) is 0.397. The molecule has 0 bridgehead atoms. The number of nitrogens with one attached hydrogen (secondary N) is 1. The van der Waals surface area contributed by atoms with Gasteiger partial charge in [0.15, 0.2) is 16.6 Å². The zero-order valence-corrected chi connectivity index (χ0v) is 28.5. The summed E-state index contributed by atoms with van der Waals surface area (Å²) >= 11 is 0. The van der Waals surface area contributed by atoms with Crippen LogP contribution in [0, 0.1) is 11.5 Å². The molecule has 0 heterocycles. The molecule has 0 aromatic rings. The minimum atomic E-state index is -2.09. The standard InChI is InChI=1S/C25H55NO3SSi3/c1-23(2,3)30(27)26-21(18-17-19-31(10,11)12)22(29-33(15,16)25(7,8)9)20-28-32(13,14)24(4,5)6/h21-22,26H,18,20H2,1-16H3/t21-,22-,30?/m0/s1. The van der Waals surface area contributed by atoms with Crippen LogP contribution in [0.4, 0.5) is 0 Å². The van der Waals surface area contributed by atoms with E-state index in [2.05, 4.69) is 104 Å². The first kappa shape index (κ1) is 33.2. The topological polar surface area (TPSA) is 47.6 Å². The van der Waals surface area contributed by atoms with Crippen LogP contribution in [0.25, 0.3) is 0 Å². The molecule has 0 fully saturated rings. The fraction of sp³-hybridized carbons (Fsp3) is 0.920. The van der Waals surface area contributed by atoms with Crippen molar-refractivity contribution in [1.82, 2.24) is 4.72 Å². The second-order valence-corrected chi connectivity index (χ2v) is 30.7. The Morgan fingerprint density at radius 2 is 1.27 bits per heavy atom. The van der Waals surface area contributed by atoms with Gasteiger partial charge in [-0.15, -0.1) is 11.5 Å². The zero-order chi connectivity index (χ0) is 26.7. The molecule has 33 heavy (non-hydrogen) atoms. The van der Waals surface area contributed by atoms with Gasteiger partial charge in [-0.1, -0.05) is 61.2 Å². The van der Waals surface area contributed by atoms with Gasteiger partial charge in [-0.3, -0.25) is 0 Å². The van der Waals surface area contributed by atoms with Crippen LogP contribution in [0.1, 0.15) is 68.7 Å². The monoisotopic (exact) mass is 533 g/mol. The lowest BCUT2D eigenvalue weighted by molar-refractivity contribution is 0.0836. The maximum Gasteiger partial charge on any atom is 0.192 e. The lowest BCUT2D eigenvalue weighted by atomic mass is 10.1. The van der Waals surface area contributed by atoms with E-state index in [1.54, 1.807) is 0 Å². The van der Waals surface area contributed by atoms with Crippen molar-refractivity contribution in [1.29, 1.82) is 0 Å². The number of hydrogen-bond donors (Lipinski definition) is 1. The van der Waals surface area contributed by atoms with Gasteiger partial charge in [0.05, 0.1) is 34.5 Å². The molecule has 3 atom stereocenters. The first-order valence-corrected chi connectivity index (χ1v) is 22.8. The fourth-order valence-corrected chi connectivity index (χ4v) is 6.14. The predicted molar refractivity (Wildman–Crippen MR) is 156 cm³/mol. The Labute approximate surface area is 212 Å². The molecule has 0 aliphatic rings. The second kappa shape index (κ2) is 11.5. The average Bonchev–Trinajstić information content (AvgIpc) is 2.53. The molecule has 1 N–H and O–H groups in total. The van der Waals surface area contributed by atoms with E-state index in [-0.39, 0.29) is 27.0 Å². The van der Waals surface area contributed by atoms with E-state index in [9.17, 15) is 4.21 Å². The molecule has 0 saturated heterocycles. The molecule has 4 nitrogen and oxygen atoms in total. The van der Waals surface area contributed by atoms with Crippen LogP contribution in [-0.4, -0.2) is 52.4 Å². The predicted octanol–water partition coefficient (Wildman–Crippen LogP) is 7.09. The van der Waals surface area contributed by atoms with Crippen LogP contribution < -0.4 is 4.72 Å².